The van der Waals surface area contributed by atoms with Crippen molar-refractivity contribution in [2.75, 3.05) is 19.8 Å². The summed E-state index contributed by atoms with van der Waals surface area (Å²) < 4.78 is 94.9. The first-order valence-electron chi connectivity index (χ1n) is 36.2. The molecule has 0 aromatic heterocycles. The van der Waals surface area contributed by atoms with Crippen LogP contribution in [0.15, 0.2) is 238 Å². The average molecular weight is 1570 g/mol. The molecule has 0 saturated heterocycles. The summed E-state index contributed by atoms with van der Waals surface area (Å²) in [6.07, 6.45) is 15.0. The lowest BCUT2D eigenvalue weighted by Crippen LogP contribution is -2.23. The first kappa shape index (κ1) is 96.0. The minimum absolute atomic E-state index is 0. The van der Waals surface area contributed by atoms with Gasteiger partial charge >= 0.3 is 48.1 Å². The molecule has 0 amide bonds. The monoisotopic (exact) mass is 1570 g/mol. The van der Waals surface area contributed by atoms with Gasteiger partial charge in [0.05, 0.1) is 29.4 Å². The molecule has 8 aromatic carbocycles. The molecule has 2 saturated carbocycles. The molecule has 0 heterocycles. The molecule has 2 fully saturated rings. The molecular formula is C93H105F4NO16. The predicted octanol–water partition coefficient (Wildman–Crippen LogP) is 23.3. The fourth-order valence-corrected chi connectivity index (χ4v) is 11.8. The van der Waals surface area contributed by atoms with E-state index < -0.39 is 61.2 Å². The number of halogens is 4. The number of aryl methyl sites for hydroxylation is 1. The van der Waals surface area contributed by atoms with Crippen LogP contribution in [0.1, 0.15) is 199 Å². The highest BCUT2D eigenvalue weighted by Gasteiger charge is 2.31. The van der Waals surface area contributed by atoms with Gasteiger partial charge in [-0.15, -0.1) is 13.2 Å². The summed E-state index contributed by atoms with van der Waals surface area (Å²) in [4.78, 5) is 83.0. The molecule has 0 unspecified atom stereocenters. The molecule has 2 aliphatic rings. The van der Waals surface area contributed by atoms with Gasteiger partial charge < -0.3 is 42.6 Å². The van der Waals surface area contributed by atoms with Gasteiger partial charge in [-0.05, 0) is 219 Å². The van der Waals surface area contributed by atoms with Crippen LogP contribution in [0.25, 0.3) is 22.3 Å². The zero-order valence-electron chi connectivity index (χ0n) is 61.8. The highest BCUT2D eigenvalue weighted by Crippen LogP contribution is 2.39. The minimum atomic E-state index is -4.69. The van der Waals surface area contributed by atoms with E-state index in [1.54, 1.807) is 72.8 Å². The molecule has 21 heteroatoms. The lowest BCUT2D eigenvalue weighted by Gasteiger charge is -2.29. The molecule has 2 aliphatic carbocycles. The van der Waals surface area contributed by atoms with E-state index in [1.807, 2.05) is 62.4 Å². The van der Waals surface area contributed by atoms with Crippen LogP contribution >= 0.6 is 0 Å². The predicted molar refractivity (Wildman–Crippen MR) is 436 cm³/mol. The van der Waals surface area contributed by atoms with Gasteiger partial charge in [-0.3, -0.25) is 0 Å². The summed E-state index contributed by atoms with van der Waals surface area (Å²) in [7, 11) is 0. The number of benzene rings is 8. The Morgan fingerprint density at radius 2 is 0.904 bits per heavy atom. The highest BCUT2D eigenvalue weighted by molar-refractivity contribution is 5.97. The van der Waals surface area contributed by atoms with Gasteiger partial charge in [0, 0.05) is 18.2 Å². The summed E-state index contributed by atoms with van der Waals surface area (Å²) >= 11 is 0. The van der Waals surface area contributed by atoms with Gasteiger partial charge in [0.2, 0.25) is 5.83 Å². The van der Waals surface area contributed by atoms with Crippen molar-refractivity contribution in [3.63, 3.8) is 0 Å². The first-order chi connectivity index (χ1) is 53.0. The number of carbonyl (C=O) groups is 7. The van der Waals surface area contributed by atoms with Crippen molar-refractivity contribution in [2.24, 2.45) is 5.92 Å². The second-order valence-corrected chi connectivity index (χ2v) is 25.8. The van der Waals surface area contributed by atoms with E-state index in [4.69, 9.17) is 38.4 Å². The third-order valence-corrected chi connectivity index (χ3v) is 17.8. The van der Waals surface area contributed by atoms with E-state index in [0.29, 0.717) is 41.3 Å². The number of nitrogens with zero attached hydrogens (tertiary/aromatic N) is 1. The lowest BCUT2D eigenvalue weighted by molar-refractivity contribution is -0.274. The quantitative estimate of drug-likeness (QED) is 0.0111. The number of hydrogen-bond acceptors (Lipinski definition) is 17. The normalized spacial score (nSPS) is 14.2. The van der Waals surface area contributed by atoms with Gasteiger partial charge in [-0.25, -0.2) is 33.6 Å². The van der Waals surface area contributed by atoms with Crippen LogP contribution in [0.4, 0.5) is 17.6 Å². The van der Waals surface area contributed by atoms with Gasteiger partial charge in [-0.2, -0.15) is 9.65 Å². The molecule has 8 aromatic rings. The van der Waals surface area contributed by atoms with E-state index in [2.05, 4.69) is 73.0 Å². The smallest absolute Gasteiger partial charge is 0.494 e. The van der Waals surface area contributed by atoms with Crippen LogP contribution in [-0.4, -0.2) is 74.1 Å². The number of nitriles is 1. The Morgan fingerprint density at radius 3 is 1.39 bits per heavy atom. The van der Waals surface area contributed by atoms with Crippen molar-refractivity contribution in [2.45, 2.75) is 165 Å². The summed E-state index contributed by atoms with van der Waals surface area (Å²) in [6.45, 7) is 18.8. The summed E-state index contributed by atoms with van der Waals surface area (Å²) in [6, 6.07) is 55.2. The number of esters is 7. The number of ether oxygens (including phenoxy) is 9. The van der Waals surface area contributed by atoms with E-state index in [9.17, 15) is 51.1 Å². The van der Waals surface area contributed by atoms with Crippen LogP contribution in [0.3, 0.4) is 0 Å². The van der Waals surface area contributed by atoms with Crippen molar-refractivity contribution < 1.29 is 93.8 Å². The molecule has 0 N–H and O–H groups in total. The second-order valence-electron chi connectivity index (χ2n) is 25.8. The molecule has 0 aliphatic heterocycles. The van der Waals surface area contributed by atoms with E-state index in [-0.39, 0.29) is 75.7 Å². The number of hydrogen-bond donors (Lipinski definition) is 0. The van der Waals surface area contributed by atoms with Gasteiger partial charge in [0.1, 0.15) is 59.4 Å². The zero-order valence-corrected chi connectivity index (χ0v) is 61.8. The summed E-state index contributed by atoms with van der Waals surface area (Å²) in [5.74, 6) is -2.99. The molecule has 114 heavy (non-hydrogen) atoms. The maximum atomic E-state index is 12.9. The Kier molecular flexibility index (Phi) is 42.1. The Labute approximate surface area is 668 Å². The van der Waals surface area contributed by atoms with Crippen molar-refractivity contribution >= 4 is 41.8 Å². The number of unbranched alkanes of at least 4 members (excludes halogenated alkanes) is 3. The second kappa shape index (κ2) is 49.9. The van der Waals surface area contributed by atoms with Gasteiger partial charge in [0.15, 0.2) is 0 Å². The molecule has 606 valence electrons. The zero-order chi connectivity index (χ0) is 79.4. The van der Waals surface area contributed by atoms with Crippen LogP contribution in [0.2, 0.25) is 0 Å². The van der Waals surface area contributed by atoms with Crippen LogP contribution < -0.4 is 28.4 Å². The van der Waals surface area contributed by atoms with E-state index in [0.717, 1.165) is 78.3 Å². The third-order valence-electron chi connectivity index (χ3n) is 17.8. The maximum Gasteiger partial charge on any atom is 0.573 e. The topological polar surface area (TPSA) is 226 Å². The highest BCUT2D eigenvalue weighted by atomic mass is 19.4. The Hall–Kier alpha value is -12.2. The van der Waals surface area contributed by atoms with Crippen molar-refractivity contribution in [3.05, 3.63) is 277 Å². The van der Waals surface area contributed by atoms with Crippen molar-refractivity contribution in [1.82, 2.24) is 0 Å². The van der Waals surface area contributed by atoms with Gasteiger partial charge in [-0.1, -0.05) is 192 Å². The summed E-state index contributed by atoms with van der Waals surface area (Å²) in [5, 5.41) is 8.74. The third kappa shape index (κ3) is 32.6. The fraction of sp³-hybridized carbons (Fsp3) is 0.312. The SMILES string of the molecule is C.C.C.C.C=C(F)C(=O)OCCOC(=O)c1cc(OC(=O)c2ccc(C)cc2)ccc1OC(=O)c1ccc(OCCCC)cc1.C=CC(=O)OC1CCC(c2ccc(-c3ccc(OC(F)(F)F)cc3)cc2)CC1.C=CC(=O)Oc1ccc(-c2ccc(C#N)cc2)cc1.C=CC(=O)Oc1ccc(C2CCC(CCCCC)CC2)cc1. The molecule has 0 radical (unpaired) electrons. The Bertz CT molecular complexity index is 4400. The Balaban J connectivity index is 0.000000406. The largest absolute Gasteiger partial charge is 0.573 e. The first-order valence-corrected chi connectivity index (χ1v) is 36.2. The molecule has 0 spiro atoms. The average Bonchev–Trinajstić information content (AvgIpc) is 0.823. The van der Waals surface area contributed by atoms with Crippen LogP contribution in [0.5, 0.6) is 34.5 Å². The summed E-state index contributed by atoms with van der Waals surface area (Å²) in [5.41, 5.74) is 8.15. The van der Waals surface area contributed by atoms with E-state index in [1.165, 1.54) is 117 Å². The maximum absolute atomic E-state index is 12.9. The molecule has 0 atom stereocenters. The molecule has 17 nitrogen and oxygen atoms in total. The Morgan fingerprint density at radius 1 is 0.474 bits per heavy atom. The van der Waals surface area contributed by atoms with Crippen LogP contribution in [-0.2, 0) is 33.4 Å². The lowest BCUT2D eigenvalue weighted by atomic mass is 9.77. The van der Waals surface area contributed by atoms with Crippen LogP contribution in [0, 0.1) is 24.2 Å². The standard InChI is InChI=1S/C31H29FO9.C22H21F3O3.C20H28O2.C16H11NO2.4CH4/c1-4-5-16-37-24-12-10-23(11-13-24)30(35)41-27-15-14-25(40-29(34)22-8-6-20(2)7-9-22)19-26(27)31(36)39-18-17-38-28(33)21(3)32;1-2-21(26)27-19-11-7-17(8-12-19)15-3-5-16(6-4-15)18-9-13-20(14-10-18)28-22(23,24)25;1-3-5-6-7-16-8-10-17(11-9-16)18-12-14-19(15-13-18)22-20(21)4-2;1-2-16(18)19-15-9-7-14(8-10-15)13-5-3-12(11-17)4-6-13;;;;/h6-15,19H,3-5,16-18H2,1-2H3;2-6,9-10,13-14,17,19H,1,7-8,11-12H2;4,12-17H,2-3,5-11H2,1H3;2-10H,1H2;4*1H4. The van der Waals surface area contributed by atoms with Gasteiger partial charge in [0.25, 0.3) is 0 Å². The molecular weight excluding hydrogens is 1460 g/mol. The fourth-order valence-electron chi connectivity index (χ4n) is 11.8. The van der Waals surface area contributed by atoms with E-state index >= 15 is 0 Å². The minimum Gasteiger partial charge on any atom is -0.494 e. The molecule has 0 bridgehead atoms. The number of rotatable bonds is 28. The van der Waals surface area contributed by atoms with Crippen molar-refractivity contribution in [1.29, 1.82) is 5.26 Å². The number of carbonyl (C=O) groups excluding carboxylic acids is 7. The van der Waals surface area contributed by atoms with Crippen molar-refractivity contribution in [3.8, 4) is 62.8 Å². The number of alkyl halides is 3. The molecule has 10 rings (SSSR count).